The third-order valence-corrected chi connectivity index (χ3v) is 4.60. The summed E-state index contributed by atoms with van der Waals surface area (Å²) >= 11 is 1.58. The second-order valence-electron chi connectivity index (χ2n) is 5.60. The predicted octanol–water partition coefficient (Wildman–Crippen LogP) is 2.52. The third-order valence-electron chi connectivity index (χ3n) is 3.60. The summed E-state index contributed by atoms with van der Waals surface area (Å²) in [6.45, 7) is 2.32. The van der Waals surface area contributed by atoms with Gasteiger partial charge in [-0.2, -0.15) is 4.68 Å². The number of rotatable bonds is 7. The second kappa shape index (κ2) is 8.43. The van der Waals surface area contributed by atoms with Gasteiger partial charge in [-0.25, -0.2) is 0 Å². The minimum atomic E-state index is -0.0283. The summed E-state index contributed by atoms with van der Waals surface area (Å²) in [4.78, 5) is 12.0. The van der Waals surface area contributed by atoms with Crippen LogP contribution in [0, 0.1) is 6.92 Å². The van der Waals surface area contributed by atoms with E-state index in [1.54, 1.807) is 16.4 Å². The number of nitrogens with zero attached hydrogens (tertiary/aromatic N) is 4. The van der Waals surface area contributed by atoms with Gasteiger partial charge in [-0.15, -0.1) is 16.9 Å². The molecule has 3 aromatic rings. The Kier molecular flexibility index (Phi) is 5.79. The lowest BCUT2D eigenvalue weighted by molar-refractivity contribution is -0.118. The summed E-state index contributed by atoms with van der Waals surface area (Å²) in [7, 11) is 0. The van der Waals surface area contributed by atoms with Crippen LogP contribution in [0.3, 0.4) is 0 Å². The highest BCUT2D eigenvalue weighted by Crippen LogP contribution is 2.12. The van der Waals surface area contributed by atoms with Crippen molar-refractivity contribution in [1.82, 2.24) is 25.5 Å². The van der Waals surface area contributed by atoms with E-state index in [2.05, 4.69) is 33.0 Å². The van der Waals surface area contributed by atoms with Crippen LogP contribution in [0.2, 0.25) is 0 Å². The molecule has 2 aromatic carbocycles. The first-order chi connectivity index (χ1) is 12.2. The van der Waals surface area contributed by atoms with Crippen LogP contribution in [0.5, 0.6) is 0 Å². The Morgan fingerprint density at radius 2 is 1.88 bits per heavy atom. The number of nitrogens with one attached hydrogen (secondary N) is 1. The molecule has 0 atom stereocenters. The Morgan fingerprint density at radius 1 is 1.12 bits per heavy atom. The van der Waals surface area contributed by atoms with Crippen molar-refractivity contribution in [1.29, 1.82) is 0 Å². The van der Waals surface area contributed by atoms with Crippen molar-refractivity contribution in [2.24, 2.45) is 0 Å². The molecule has 0 aliphatic carbocycles. The molecule has 0 unspecified atom stereocenters. The molecule has 128 valence electrons. The van der Waals surface area contributed by atoms with Gasteiger partial charge in [-0.1, -0.05) is 48.0 Å². The van der Waals surface area contributed by atoms with Crippen molar-refractivity contribution in [3.8, 4) is 5.69 Å². The van der Waals surface area contributed by atoms with Crippen molar-refractivity contribution in [3.63, 3.8) is 0 Å². The Bertz CT molecular complexity index is 817. The van der Waals surface area contributed by atoms with Crippen molar-refractivity contribution in [2.75, 3.05) is 5.75 Å². The molecular weight excluding hydrogens is 334 g/mol. The predicted molar refractivity (Wildman–Crippen MR) is 98.3 cm³/mol. The van der Waals surface area contributed by atoms with Gasteiger partial charge in [-0.05, 0) is 35.0 Å². The SMILES string of the molecule is Cc1ccc(-n2nnnc2CNC(=O)CSCc2ccccc2)cc1. The minimum absolute atomic E-state index is 0.0283. The van der Waals surface area contributed by atoms with E-state index in [4.69, 9.17) is 0 Å². The molecule has 0 saturated heterocycles. The molecular formula is C18H19N5OS. The van der Waals surface area contributed by atoms with Gasteiger partial charge in [0.2, 0.25) is 5.91 Å². The number of thioether (sulfide) groups is 1. The van der Waals surface area contributed by atoms with Gasteiger partial charge in [-0.3, -0.25) is 4.79 Å². The van der Waals surface area contributed by atoms with Gasteiger partial charge in [0.25, 0.3) is 0 Å². The summed E-state index contributed by atoms with van der Waals surface area (Å²) < 4.78 is 1.64. The average molecular weight is 353 g/mol. The first kappa shape index (κ1) is 17.2. The van der Waals surface area contributed by atoms with Crippen molar-refractivity contribution < 1.29 is 4.79 Å². The number of amides is 1. The fourth-order valence-corrected chi connectivity index (χ4v) is 3.08. The van der Waals surface area contributed by atoms with E-state index in [9.17, 15) is 4.79 Å². The van der Waals surface area contributed by atoms with Gasteiger partial charge in [0.1, 0.15) is 0 Å². The number of carbonyl (C=O) groups excluding carboxylic acids is 1. The van der Waals surface area contributed by atoms with Crippen molar-refractivity contribution in [3.05, 3.63) is 71.5 Å². The number of carbonyl (C=O) groups is 1. The molecule has 1 amide bonds. The van der Waals surface area contributed by atoms with Gasteiger partial charge < -0.3 is 5.32 Å². The molecule has 0 bridgehead atoms. The highest BCUT2D eigenvalue weighted by atomic mass is 32.2. The van der Waals surface area contributed by atoms with Crippen molar-refractivity contribution >= 4 is 17.7 Å². The van der Waals surface area contributed by atoms with Crippen LogP contribution in [-0.2, 0) is 17.1 Å². The molecule has 0 fully saturated rings. The highest BCUT2D eigenvalue weighted by Gasteiger charge is 2.10. The smallest absolute Gasteiger partial charge is 0.230 e. The largest absolute Gasteiger partial charge is 0.348 e. The number of aromatic nitrogens is 4. The van der Waals surface area contributed by atoms with Crippen LogP contribution in [-0.4, -0.2) is 31.9 Å². The topological polar surface area (TPSA) is 72.7 Å². The van der Waals surface area contributed by atoms with Gasteiger partial charge in [0.05, 0.1) is 18.0 Å². The van der Waals surface area contributed by atoms with Crippen LogP contribution in [0.15, 0.2) is 54.6 Å². The number of benzene rings is 2. The van der Waals surface area contributed by atoms with E-state index < -0.39 is 0 Å². The standard InChI is InChI=1S/C18H19N5OS/c1-14-7-9-16(10-8-14)23-17(20-21-22-23)11-19-18(24)13-25-12-15-5-3-2-4-6-15/h2-10H,11-13H2,1H3,(H,19,24). The number of hydrogen-bond donors (Lipinski definition) is 1. The molecule has 1 aromatic heterocycles. The van der Waals surface area contributed by atoms with Gasteiger partial charge >= 0.3 is 0 Å². The Balaban J connectivity index is 1.49. The lowest BCUT2D eigenvalue weighted by Gasteiger charge is -2.07. The van der Waals surface area contributed by atoms with Crippen LogP contribution in [0.1, 0.15) is 17.0 Å². The summed E-state index contributed by atoms with van der Waals surface area (Å²) in [5.74, 6) is 1.79. The summed E-state index contributed by atoms with van der Waals surface area (Å²) in [5, 5.41) is 14.6. The van der Waals surface area contributed by atoms with E-state index >= 15 is 0 Å². The Labute approximate surface area is 150 Å². The zero-order valence-electron chi connectivity index (χ0n) is 13.9. The van der Waals surface area contributed by atoms with Crippen LogP contribution in [0.4, 0.5) is 0 Å². The molecule has 1 heterocycles. The zero-order chi connectivity index (χ0) is 17.5. The fourth-order valence-electron chi connectivity index (χ4n) is 2.27. The molecule has 0 radical (unpaired) electrons. The van der Waals surface area contributed by atoms with E-state index in [0.717, 1.165) is 11.4 Å². The van der Waals surface area contributed by atoms with Gasteiger partial charge in [0.15, 0.2) is 5.82 Å². The van der Waals surface area contributed by atoms with Crippen LogP contribution >= 0.6 is 11.8 Å². The lowest BCUT2D eigenvalue weighted by atomic mass is 10.2. The monoisotopic (exact) mass is 353 g/mol. The maximum atomic E-state index is 12.0. The first-order valence-electron chi connectivity index (χ1n) is 7.95. The molecule has 0 saturated carbocycles. The minimum Gasteiger partial charge on any atom is -0.348 e. The van der Waals surface area contributed by atoms with Gasteiger partial charge in [0, 0.05) is 5.75 Å². The summed E-state index contributed by atoms with van der Waals surface area (Å²) in [6, 6.07) is 18.0. The summed E-state index contributed by atoms with van der Waals surface area (Å²) in [6.07, 6.45) is 0. The van der Waals surface area contributed by atoms with Crippen LogP contribution in [0.25, 0.3) is 5.69 Å². The molecule has 7 heteroatoms. The normalized spacial score (nSPS) is 10.6. The van der Waals surface area contributed by atoms with E-state index in [1.807, 2.05) is 49.4 Å². The molecule has 1 N–H and O–H groups in total. The van der Waals surface area contributed by atoms with E-state index in [-0.39, 0.29) is 5.91 Å². The second-order valence-corrected chi connectivity index (χ2v) is 6.58. The maximum Gasteiger partial charge on any atom is 0.230 e. The number of tetrazole rings is 1. The molecule has 0 aliphatic rings. The molecule has 3 rings (SSSR count). The van der Waals surface area contributed by atoms with Crippen molar-refractivity contribution in [2.45, 2.75) is 19.2 Å². The number of hydrogen-bond acceptors (Lipinski definition) is 5. The van der Waals surface area contributed by atoms with E-state index in [1.165, 1.54) is 11.1 Å². The molecule has 0 spiro atoms. The van der Waals surface area contributed by atoms with E-state index in [0.29, 0.717) is 18.1 Å². The third kappa shape index (κ3) is 4.90. The zero-order valence-corrected chi connectivity index (χ0v) is 14.7. The first-order valence-corrected chi connectivity index (χ1v) is 9.10. The summed E-state index contributed by atoms with van der Waals surface area (Å²) in [5.41, 5.74) is 3.25. The lowest BCUT2D eigenvalue weighted by Crippen LogP contribution is -2.26. The maximum absolute atomic E-state index is 12.0. The fraction of sp³-hybridized carbons (Fsp3) is 0.222. The number of aryl methyl sites for hydroxylation is 1. The Morgan fingerprint density at radius 3 is 2.64 bits per heavy atom. The highest BCUT2D eigenvalue weighted by molar-refractivity contribution is 7.99. The molecule has 0 aliphatic heterocycles. The van der Waals surface area contributed by atoms with Crippen LogP contribution < -0.4 is 5.32 Å². The molecule has 6 nitrogen and oxygen atoms in total. The molecule has 25 heavy (non-hydrogen) atoms. The average Bonchev–Trinajstić information content (AvgIpc) is 3.10. The Hall–Kier alpha value is -2.67. The quantitative estimate of drug-likeness (QED) is 0.707.